The third-order valence-corrected chi connectivity index (χ3v) is 6.57. The van der Waals surface area contributed by atoms with E-state index in [0.717, 1.165) is 16.5 Å². The Balaban J connectivity index is 1.91. The molecule has 2 aromatic heterocycles. The summed E-state index contributed by atoms with van der Waals surface area (Å²) in [6.45, 7) is 8.54. The largest absolute Gasteiger partial charge is 0.494 e. The Labute approximate surface area is 202 Å². The van der Waals surface area contributed by atoms with Gasteiger partial charge >= 0.3 is 5.97 Å². The van der Waals surface area contributed by atoms with E-state index < -0.39 is 11.2 Å². The highest BCUT2D eigenvalue weighted by Gasteiger charge is 2.30. The summed E-state index contributed by atoms with van der Waals surface area (Å²) >= 11 is 1.30. The zero-order valence-corrected chi connectivity index (χ0v) is 20.9. The Hall–Kier alpha value is -3.33. The van der Waals surface area contributed by atoms with Crippen molar-refractivity contribution in [1.29, 1.82) is 0 Å². The maximum atomic E-state index is 13.2. The number of ketones is 1. The first kappa shape index (κ1) is 25.3. The zero-order valence-electron chi connectivity index (χ0n) is 20.1. The summed E-state index contributed by atoms with van der Waals surface area (Å²) in [5.41, 5.74) is 1.77. The number of pyridine rings is 1. The minimum atomic E-state index is -0.723. The number of furan rings is 1. The molecule has 0 fully saturated rings. The highest BCUT2D eigenvalue weighted by molar-refractivity contribution is 8.00. The average Bonchev–Trinajstić information content (AvgIpc) is 3.13. The monoisotopic (exact) mass is 484 g/mol. The highest BCUT2D eigenvalue weighted by atomic mass is 32.2. The number of carbonyl (C=O) groups is 3. The van der Waals surface area contributed by atoms with Gasteiger partial charge in [-0.2, -0.15) is 0 Å². The topological polar surface area (TPSA) is 108 Å². The fourth-order valence-electron chi connectivity index (χ4n) is 3.70. The lowest BCUT2D eigenvalue weighted by Crippen LogP contribution is -2.25. The summed E-state index contributed by atoms with van der Waals surface area (Å²) in [5, 5.41) is 3.80. The molecule has 1 unspecified atom stereocenters. The van der Waals surface area contributed by atoms with E-state index >= 15 is 0 Å². The summed E-state index contributed by atoms with van der Waals surface area (Å²) in [4.78, 5) is 42.5. The number of amides is 1. The number of nitrogens with one attached hydrogen (secondary N) is 1. The maximum Gasteiger partial charge on any atom is 0.344 e. The Kier molecular flexibility index (Phi) is 7.98. The standard InChI is InChI=1S/C25H28N2O6S/c1-7-18(34-19-12-13(3)16-10-9-11-17(31-6)22(16)26-19)23(29)27-24-21(25(30)32-8-2)20(14(4)28)15(5)33-24/h9-12,18H,7-8H2,1-6H3,(H,27,29). The molecule has 0 spiro atoms. The predicted octanol–water partition coefficient (Wildman–Crippen LogP) is 5.34. The van der Waals surface area contributed by atoms with Gasteiger partial charge in [0.15, 0.2) is 5.78 Å². The number of esters is 1. The van der Waals surface area contributed by atoms with Crippen LogP contribution in [0.15, 0.2) is 33.7 Å². The lowest BCUT2D eigenvalue weighted by molar-refractivity contribution is -0.115. The molecular formula is C25H28N2O6S. The first-order chi connectivity index (χ1) is 16.2. The van der Waals surface area contributed by atoms with Crippen LogP contribution in [0.2, 0.25) is 0 Å². The molecule has 34 heavy (non-hydrogen) atoms. The van der Waals surface area contributed by atoms with Gasteiger partial charge in [0.05, 0.1) is 29.6 Å². The summed E-state index contributed by atoms with van der Waals surface area (Å²) in [6, 6.07) is 7.65. The van der Waals surface area contributed by atoms with Crippen LogP contribution in [0.25, 0.3) is 10.9 Å². The second-order valence-electron chi connectivity index (χ2n) is 7.65. The molecule has 0 aliphatic rings. The number of aromatic nitrogens is 1. The molecule has 8 nitrogen and oxygen atoms in total. The number of rotatable bonds is 9. The van der Waals surface area contributed by atoms with Crippen LogP contribution in [-0.4, -0.2) is 41.6 Å². The number of ether oxygens (including phenoxy) is 2. The van der Waals surface area contributed by atoms with Gasteiger partial charge in [-0.15, -0.1) is 0 Å². The number of carbonyl (C=O) groups excluding carboxylic acids is 3. The number of hydrogen-bond acceptors (Lipinski definition) is 8. The number of thioether (sulfide) groups is 1. The number of Topliss-reactive ketones (excluding diaryl/α,β-unsaturated/α-hetero) is 1. The van der Waals surface area contributed by atoms with Crippen LogP contribution in [0.3, 0.4) is 0 Å². The molecule has 9 heteroatoms. The van der Waals surface area contributed by atoms with Crippen LogP contribution >= 0.6 is 11.8 Å². The van der Waals surface area contributed by atoms with Crippen molar-refractivity contribution in [2.45, 2.75) is 51.3 Å². The van der Waals surface area contributed by atoms with E-state index in [1.165, 1.54) is 18.7 Å². The first-order valence-corrected chi connectivity index (χ1v) is 11.8. The Morgan fingerprint density at radius 2 is 1.91 bits per heavy atom. The summed E-state index contributed by atoms with van der Waals surface area (Å²) in [7, 11) is 1.59. The predicted molar refractivity (Wildman–Crippen MR) is 131 cm³/mol. The average molecular weight is 485 g/mol. The lowest BCUT2D eigenvalue weighted by Gasteiger charge is -2.15. The minimum absolute atomic E-state index is 0.0653. The van der Waals surface area contributed by atoms with Gasteiger partial charge in [-0.1, -0.05) is 30.8 Å². The molecular weight excluding hydrogens is 456 g/mol. The van der Waals surface area contributed by atoms with Crippen molar-refractivity contribution < 1.29 is 28.3 Å². The van der Waals surface area contributed by atoms with Crippen molar-refractivity contribution in [2.24, 2.45) is 0 Å². The van der Waals surface area contributed by atoms with Crippen LogP contribution in [0.5, 0.6) is 5.75 Å². The summed E-state index contributed by atoms with van der Waals surface area (Å²) < 4.78 is 16.1. The third kappa shape index (κ3) is 5.09. The molecule has 1 N–H and O–H groups in total. The van der Waals surface area contributed by atoms with E-state index in [0.29, 0.717) is 17.2 Å². The second kappa shape index (κ2) is 10.7. The second-order valence-corrected chi connectivity index (χ2v) is 8.87. The molecule has 0 aliphatic carbocycles. The molecule has 2 heterocycles. The number of anilines is 1. The van der Waals surface area contributed by atoms with Crippen molar-refractivity contribution in [3.05, 3.63) is 46.7 Å². The maximum absolute atomic E-state index is 13.2. The molecule has 3 aromatic rings. The van der Waals surface area contributed by atoms with E-state index in [1.54, 1.807) is 21.0 Å². The van der Waals surface area contributed by atoms with Crippen molar-refractivity contribution in [1.82, 2.24) is 4.98 Å². The summed E-state index contributed by atoms with van der Waals surface area (Å²) in [5.74, 6) is -0.639. The van der Waals surface area contributed by atoms with E-state index in [2.05, 4.69) is 5.32 Å². The van der Waals surface area contributed by atoms with E-state index in [-0.39, 0.29) is 41.1 Å². The fourth-order valence-corrected chi connectivity index (χ4v) is 4.71. The van der Waals surface area contributed by atoms with E-state index in [9.17, 15) is 14.4 Å². The SMILES string of the molecule is CCOC(=O)c1c(NC(=O)C(CC)Sc2cc(C)c3cccc(OC)c3n2)oc(C)c1C(C)=O. The molecule has 0 saturated carbocycles. The number of methoxy groups -OCH3 is 1. The normalized spacial score (nSPS) is 11.8. The van der Waals surface area contributed by atoms with Crippen molar-refractivity contribution >= 4 is 46.2 Å². The number of hydrogen-bond donors (Lipinski definition) is 1. The number of aryl methyl sites for hydroxylation is 2. The van der Waals surface area contributed by atoms with Crippen LogP contribution in [-0.2, 0) is 9.53 Å². The molecule has 0 radical (unpaired) electrons. The smallest absolute Gasteiger partial charge is 0.344 e. The van der Waals surface area contributed by atoms with Gasteiger partial charge in [-0.05, 0) is 51.8 Å². The first-order valence-electron chi connectivity index (χ1n) is 10.9. The molecule has 0 aliphatic heterocycles. The number of nitrogens with zero attached hydrogens (tertiary/aromatic N) is 1. The molecule has 0 bridgehead atoms. The molecule has 1 atom stereocenters. The van der Waals surface area contributed by atoms with Gasteiger partial charge in [0.25, 0.3) is 0 Å². The third-order valence-electron chi connectivity index (χ3n) is 5.28. The van der Waals surface area contributed by atoms with Gasteiger partial charge in [0.2, 0.25) is 11.8 Å². The van der Waals surface area contributed by atoms with Gasteiger partial charge < -0.3 is 13.9 Å². The number of benzene rings is 1. The molecule has 180 valence electrons. The Morgan fingerprint density at radius 1 is 1.18 bits per heavy atom. The van der Waals surface area contributed by atoms with Gasteiger partial charge in [0.1, 0.15) is 22.6 Å². The minimum Gasteiger partial charge on any atom is -0.494 e. The molecule has 3 rings (SSSR count). The molecule has 1 aromatic carbocycles. The summed E-state index contributed by atoms with van der Waals surface area (Å²) in [6.07, 6.45) is 0.495. The Morgan fingerprint density at radius 3 is 2.53 bits per heavy atom. The van der Waals surface area contributed by atoms with Crippen LogP contribution in [0.1, 0.15) is 59.2 Å². The van der Waals surface area contributed by atoms with Crippen molar-refractivity contribution in [3.63, 3.8) is 0 Å². The van der Waals surface area contributed by atoms with Crippen molar-refractivity contribution in [3.8, 4) is 5.75 Å². The van der Waals surface area contributed by atoms with E-state index in [1.807, 2.05) is 38.1 Å². The zero-order chi connectivity index (χ0) is 25.0. The lowest BCUT2D eigenvalue weighted by atomic mass is 10.1. The molecule has 1 amide bonds. The van der Waals surface area contributed by atoms with Gasteiger partial charge in [-0.3, -0.25) is 14.9 Å². The van der Waals surface area contributed by atoms with Gasteiger partial charge in [0, 0.05) is 5.39 Å². The fraction of sp³-hybridized carbons (Fsp3) is 0.360. The van der Waals surface area contributed by atoms with Gasteiger partial charge in [-0.25, -0.2) is 9.78 Å². The molecule has 0 saturated heterocycles. The van der Waals surface area contributed by atoms with Crippen LogP contribution in [0, 0.1) is 13.8 Å². The van der Waals surface area contributed by atoms with Crippen LogP contribution in [0.4, 0.5) is 5.88 Å². The quantitative estimate of drug-likeness (QED) is 0.246. The van der Waals surface area contributed by atoms with Crippen molar-refractivity contribution in [2.75, 3.05) is 19.0 Å². The van der Waals surface area contributed by atoms with Crippen LogP contribution < -0.4 is 10.1 Å². The Bertz CT molecular complexity index is 1250. The van der Waals surface area contributed by atoms with E-state index in [4.69, 9.17) is 18.9 Å². The highest BCUT2D eigenvalue weighted by Crippen LogP contribution is 2.33. The number of fused-ring (bicyclic) bond motifs is 1. The number of para-hydroxylation sites is 1.